The molecule has 0 aliphatic heterocycles. The highest BCUT2D eigenvalue weighted by molar-refractivity contribution is 5.74. The third-order valence-corrected chi connectivity index (χ3v) is 4.16. The number of rotatable bonds is 6. The van der Waals surface area contributed by atoms with Gasteiger partial charge in [-0.05, 0) is 36.3 Å². The van der Waals surface area contributed by atoms with E-state index in [1.807, 2.05) is 0 Å². The van der Waals surface area contributed by atoms with Gasteiger partial charge in [0.2, 0.25) is 5.88 Å². The van der Waals surface area contributed by atoms with Gasteiger partial charge in [0.15, 0.2) is 0 Å². The molecule has 2 amide bonds. The van der Waals surface area contributed by atoms with Crippen molar-refractivity contribution in [2.45, 2.75) is 38.1 Å². The molecular formula is C14H16F3N3O2. The zero-order chi connectivity index (χ0) is 15.8. The number of carbonyl (C=O) groups is 1. The minimum absolute atomic E-state index is 0.0545. The third-order valence-electron chi connectivity index (χ3n) is 4.16. The molecule has 3 aliphatic rings. The highest BCUT2D eigenvalue weighted by Gasteiger charge is 2.68. The van der Waals surface area contributed by atoms with Gasteiger partial charge in [0, 0.05) is 25.4 Å². The summed E-state index contributed by atoms with van der Waals surface area (Å²) >= 11 is 0. The van der Waals surface area contributed by atoms with Gasteiger partial charge in [0.25, 0.3) is 0 Å². The Bertz CT molecular complexity index is 562. The Morgan fingerprint density at radius 3 is 2.73 bits per heavy atom. The normalized spacial score (nSPS) is 28.5. The van der Waals surface area contributed by atoms with Gasteiger partial charge < -0.3 is 15.4 Å². The summed E-state index contributed by atoms with van der Waals surface area (Å²) in [5.74, 6) is -0.197. The number of nitrogens with zero attached hydrogens (tertiary/aromatic N) is 1. The van der Waals surface area contributed by atoms with Crippen LogP contribution in [0.5, 0.6) is 5.88 Å². The minimum atomic E-state index is -2.94. The van der Waals surface area contributed by atoms with Crippen molar-refractivity contribution in [3.8, 4) is 5.88 Å². The summed E-state index contributed by atoms with van der Waals surface area (Å²) in [5.41, 5.74) is -0.439. The van der Waals surface area contributed by atoms with Gasteiger partial charge >= 0.3 is 12.6 Å². The van der Waals surface area contributed by atoms with Crippen LogP contribution in [-0.2, 0) is 6.54 Å². The molecule has 120 valence electrons. The van der Waals surface area contributed by atoms with E-state index in [2.05, 4.69) is 20.4 Å². The van der Waals surface area contributed by atoms with Crippen LogP contribution < -0.4 is 15.4 Å². The average Bonchev–Trinajstić information content (AvgIpc) is 2.38. The number of amides is 2. The monoisotopic (exact) mass is 315 g/mol. The quantitative estimate of drug-likeness (QED) is 0.847. The fraction of sp³-hybridized carbons (Fsp3) is 0.571. The number of carbonyl (C=O) groups excluding carboxylic acids is 1. The van der Waals surface area contributed by atoms with Crippen LogP contribution in [0, 0.1) is 5.41 Å². The number of pyridine rings is 1. The zero-order valence-corrected chi connectivity index (χ0v) is 11.7. The number of urea groups is 1. The molecule has 1 aromatic heterocycles. The number of alkyl halides is 3. The summed E-state index contributed by atoms with van der Waals surface area (Å²) < 4.78 is 41.7. The van der Waals surface area contributed by atoms with E-state index >= 15 is 0 Å². The van der Waals surface area contributed by atoms with E-state index in [0.29, 0.717) is 31.4 Å². The van der Waals surface area contributed by atoms with E-state index < -0.39 is 12.3 Å². The first-order valence-electron chi connectivity index (χ1n) is 6.99. The molecule has 3 fully saturated rings. The van der Waals surface area contributed by atoms with Crippen LogP contribution in [0.3, 0.4) is 0 Å². The van der Waals surface area contributed by atoms with E-state index in [0.717, 1.165) is 0 Å². The first-order valence-corrected chi connectivity index (χ1v) is 6.99. The second-order valence-electron chi connectivity index (χ2n) is 6.10. The Balaban J connectivity index is 1.41. The first kappa shape index (κ1) is 14.9. The molecular weight excluding hydrogens is 299 g/mol. The van der Waals surface area contributed by atoms with Crippen LogP contribution in [0.1, 0.15) is 24.8 Å². The lowest BCUT2D eigenvalue weighted by Gasteiger charge is -2.65. The molecule has 0 atom stereocenters. The van der Waals surface area contributed by atoms with Gasteiger partial charge in [-0.3, -0.25) is 0 Å². The van der Waals surface area contributed by atoms with Crippen LogP contribution in [0.4, 0.5) is 18.0 Å². The van der Waals surface area contributed by atoms with Crippen molar-refractivity contribution < 1.29 is 22.7 Å². The van der Waals surface area contributed by atoms with Crippen molar-refractivity contribution in [1.29, 1.82) is 0 Å². The molecule has 1 aromatic rings. The number of halogens is 3. The molecule has 0 saturated heterocycles. The maximum Gasteiger partial charge on any atom is 0.388 e. The van der Waals surface area contributed by atoms with Gasteiger partial charge in [-0.15, -0.1) is 0 Å². The van der Waals surface area contributed by atoms with E-state index in [1.165, 1.54) is 12.3 Å². The molecule has 0 radical (unpaired) electrons. The Morgan fingerprint density at radius 2 is 2.09 bits per heavy atom. The van der Waals surface area contributed by atoms with Crippen LogP contribution in [0.25, 0.3) is 0 Å². The molecule has 2 N–H and O–H groups in total. The summed E-state index contributed by atoms with van der Waals surface area (Å²) in [6, 6.07) is 2.55. The van der Waals surface area contributed by atoms with E-state index in [-0.39, 0.29) is 23.9 Å². The molecule has 4 rings (SSSR count). The van der Waals surface area contributed by atoms with E-state index in [1.54, 1.807) is 6.07 Å². The van der Waals surface area contributed by atoms with Crippen molar-refractivity contribution in [3.05, 3.63) is 23.9 Å². The summed E-state index contributed by atoms with van der Waals surface area (Å²) in [6.07, 6.45) is 2.91. The lowest BCUT2D eigenvalue weighted by Crippen LogP contribution is -2.68. The van der Waals surface area contributed by atoms with E-state index in [4.69, 9.17) is 0 Å². The van der Waals surface area contributed by atoms with Gasteiger partial charge in [0.1, 0.15) is 5.67 Å². The van der Waals surface area contributed by atoms with E-state index in [9.17, 15) is 18.0 Å². The van der Waals surface area contributed by atoms with Crippen LogP contribution in [0.15, 0.2) is 18.3 Å². The maximum atomic E-state index is 13.3. The molecule has 3 saturated carbocycles. The lowest BCUT2D eigenvalue weighted by molar-refractivity contribution is -0.208. The fourth-order valence-corrected chi connectivity index (χ4v) is 3.28. The maximum absolute atomic E-state index is 13.3. The molecule has 0 spiro atoms. The second-order valence-corrected chi connectivity index (χ2v) is 6.10. The van der Waals surface area contributed by atoms with Crippen molar-refractivity contribution in [2.75, 3.05) is 6.54 Å². The van der Waals surface area contributed by atoms with Crippen molar-refractivity contribution in [2.24, 2.45) is 5.41 Å². The number of hydrogen-bond donors (Lipinski definition) is 2. The summed E-state index contributed by atoms with van der Waals surface area (Å²) in [5, 5.41) is 5.33. The van der Waals surface area contributed by atoms with Crippen molar-refractivity contribution >= 4 is 6.03 Å². The number of aromatic nitrogens is 1. The standard InChI is InChI=1S/C14H16F3N3O2/c15-11(16)22-10-3-9(1-2-18-10)4-19-12(21)20-8-13-5-14(17,6-13)7-13/h1-3,11H,4-8H2,(H2,19,20,21). The van der Waals surface area contributed by atoms with Crippen LogP contribution in [-0.4, -0.2) is 29.8 Å². The number of nitrogens with one attached hydrogen (secondary N) is 2. The van der Waals surface area contributed by atoms with Gasteiger partial charge in [0.05, 0.1) is 0 Å². The van der Waals surface area contributed by atoms with Gasteiger partial charge in [-0.1, -0.05) is 0 Å². The Kier molecular flexibility index (Phi) is 3.62. The molecule has 0 unspecified atom stereocenters. The Morgan fingerprint density at radius 1 is 1.36 bits per heavy atom. The summed E-state index contributed by atoms with van der Waals surface area (Å²) in [7, 11) is 0. The predicted molar refractivity (Wildman–Crippen MR) is 71.2 cm³/mol. The van der Waals surface area contributed by atoms with Crippen molar-refractivity contribution in [3.63, 3.8) is 0 Å². The molecule has 5 nitrogen and oxygen atoms in total. The smallest absolute Gasteiger partial charge is 0.388 e. The molecule has 8 heteroatoms. The lowest BCUT2D eigenvalue weighted by atomic mass is 9.42. The van der Waals surface area contributed by atoms with Gasteiger partial charge in [-0.25, -0.2) is 14.2 Å². The molecule has 2 bridgehead atoms. The number of hydrogen-bond acceptors (Lipinski definition) is 3. The fourth-order valence-electron chi connectivity index (χ4n) is 3.28. The zero-order valence-electron chi connectivity index (χ0n) is 11.7. The predicted octanol–water partition coefficient (Wildman–Crippen LogP) is 2.37. The van der Waals surface area contributed by atoms with Gasteiger partial charge in [-0.2, -0.15) is 8.78 Å². The molecule has 1 heterocycles. The van der Waals surface area contributed by atoms with Crippen LogP contribution in [0.2, 0.25) is 0 Å². The molecule has 22 heavy (non-hydrogen) atoms. The topological polar surface area (TPSA) is 63.2 Å². The third kappa shape index (κ3) is 3.10. The second kappa shape index (κ2) is 5.33. The molecule has 3 aliphatic carbocycles. The first-order chi connectivity index (χ1) is 10.4. The Labute approximate surface area is 125 Å². The van der Waals surface area contributed by atoms with Crippen LogP contribution >= 0.6 is 0 Å². The summed E-state index contributed by atoms with van der Waals surface area (Å²) in [6.45, 7) is -2.32. The molecule has 0 aromatic carbocycles. The largest absolute Gasteiger partial charge is 0.417 e. The SMILES string of the molecule is O=C(NCc1ccnc(OC(F)F)c1)NCC12CC(F)(C1)C2. The number of ether oxygens (including phenoxy) is 1. The highest BCUT2D eigenvalue weighted by atomic mass is 19.3. The average molecular weight is 315 g/mol. The Hall–Kier alpha value is -1.99. The summed E-state index contributed by atoms with van der Waals surface area (Å²) in [4.78, 5) is 15.3. The highest BCUT2D eigenvalue weighted by Crippen LogP contribution is 2.69. The van der Waals surface area contributed by atoms with Crippen molar-refractivity contribution in [1.82, 2.24) is 15.6 Å². The minimum Gasteiger partial charge on any atom is -0.417 e.